The van der Waals surface area contributed by atoms with Crippen molar-refractivity contribution >= 4 is 23.2 Å². The average molecular weight is 420 g/mol. The molecule has 1 aromatic rings. The van der Waals surface area contributed by atoms with Gasteiger partial charge in [-0.3, -0.25) is 9.59 Å². The standard InChI is InChI=1S/C22H33N3O3S/c1-15(2)24-19(26)17-13-16-5-12-28-22(18(16)29-17)7-10-25(11-8-22)20(27)21(3)6-4-9-23-14-21/h13,15,23H,4-12,14H2,1-3H3,(H,24,26). The lowest BCUT2D eigenvalue weighted by Crippen LogP contribution is -2.54. The highest BCUT2D eigenvalue weighted by Crippen LogP contribution is 2.46. The number of ether oxygens (including phenoxy) is 1. The van der Waals surface area contributed by atoms with Crippen LogP contribution in [0.4, 0.5) is 0 Å². The Labute approximate surface area is 177 Å². The van der Waals surface area contributed by atoms with Gasteiger partial charge in [0.15, 0.2) is 0 Å². The van der Waals surface area contributed by atoms with E-state index < -0.39 is 0 Å². The Hall–Kier alpha value is -1.44. The summed E-state index contributed by atoms with van der Waals surface area (Å²) >= 11 is 1.58. The van der Waals surface area contributed by atoms with Gasteiger partial charge in [0.05, 0.1) is 16.9 Å². The lowest BCUT2D eigenvalue weighted by Gasteiger charge is -2.46. The van der Waals surface area contributed by atoms with Gasteiger partial charge in [0.1, 0.15) is 5.60 Å². The normalized spacial score (nSPS) is 26.4. The van der Waals surface area contributed by atoms with Gasteiger partial charge in [-0.25, -0.2) is 0 Å². The van der Waals surface area contributed by atoms with Crippen molar-refractivity contribution < 1.29 is 14.3 Å². The van der Waals surface area contributed by atoms with Crippen molar-refractivity contribution in [1.82, 2.24) is 15.5 Å². The molecule has 1 spiro atoms. The molecule has 3 aliphatic rings. The molecule has 29 heavy (non-hydrogen) atoms. The Bertz CT molecular complexity index is 774. The number of hydrogen-bond donors (Lipinski definition) is 2. The van der Waals surface area contributed by atoms with E-state index in [9.17, 15) is 9.59 Å². The third-order valence-corrected chi connectivity index (χ3v) is 7.95. The lowest BCUT2D eigenvalue weighted by molar-refractivity contribution is -0.150. The minimum atomic E-state index is -0.336. The lowest BCUT2D eigenvalue weighted by atomic mass is 9.79. The predicted octanol–water partition coefficient (Wildman–Crippen LogP) is 2.67. The van der Waals surface area contributed by atoms with Crippen LogP contribution in [0, 0.1) is 5.41 Å². The predicted molar refractivity (Wildman–Crippen MR) is 114 cm³/mol. The highest BCUT2D eigenvalue weighted by atomic mass is 32.1. The molecule has 2 fully saturated rings. The highest BCUT2D eigenvalue weighted by Gasteiger charge is 2.46. The number of piperidine rings is 2. The summed E-state index contributed by atoms with van der Waals surface area (Å²) in [6.07, 6.45) is 4.49. The van der Waals surface area contributed by atoms with Crippen LogP contribution in [-0.4, -0.2) is 55.5 Å². The van der Waals surface area contributed by atoms with E-state index in [2.05, 4.69) is 17.6 Å². The molecule has 1 aromatic heterocycles. The molecular formula is C22H33N3O3S. The number of amides is 2. The summed E-state index contributed by atoms with van der Waals surface area (Å²) in [6.45, 7) is 9.96. The number of carbonyl (C=O) groups is 2. The number of nitrogens with one attached hydrogen (secondary N) is 2. The minimum Gasteiger partial charge on any atom is -0.369 e. The second kappa shape index (κ2) is 8.00. The van der Waals surface area contributed by atoms with Crippen LogP contribution < -0.4 is 10.6 Å². The first-order valence-corrected chi connectivity index (χ1v) is 11.7. The smallest absolute Gasteiger partial charge is 0.261 e. The van der Waals surface area contributed by atoms with E-state index in [0.29, 0.717) is 6.61 Å². The topological polar surface area (TPSA) is 70.7 Å². The summed E-state index contributed by atoms with van der Waals surface area (Å²) in [5.74, 6) is 0.277. The fraction of sp³-hybridized carbons (Fsp3) is 0.727. The van der Waals surface area contributed by atoms with E-state index in [1.165, 1.54) is 10.4 Å². The Kier molecular flexibility index (Phi) is 5.75. The van der Waals surface area contributed by atoms with Crippen molar-refractivity contribution in [2.75, 3.05) is 32.8 Å². The fourth-order valence-corrected chi connectivity index (χ4v) is 6.24. The van der Waals surface area contributed by atoms with Gasteiger partial charge in [0.25, 0.3) is 5.91 Å². The Balaban J connectivity index is 1.48. The average Bonchev–Trinajstić information content (AvgIpc) is 3.14. The van der Waals surface area contributed by atoms with E-state index in [1.54, 1.807) is 11.3 Å². The van der Waals surface area contributed by atoms with Crippen LogP contribution in [0.15, 0.2) is 6.07 Å². The molecule has 1 atom stereocenters. The monoisotopic (exact) mass is 419 g/mol. The molecule has 4 heterocycles. The quantitative estimate of drug-likeness (QED) is 0.790. The van der Waals surface area contributed by atoms with Crippen LogP contribution >= 0.6 is 11.3 Å². The highest BCUT2D eigenvalue weighted by molar-refractivity contribution is 7.14. The largest absolute Gasteiger partial charge is 0.369 e. The summed E-state index contributed by atoms with van der Waals surface area (Å²) in [5, 5.41) is 6.38. The van der Waals surface area contributed by atoms with E-state index in [1.807, 2.05) is 24.8 Å². The van der Waals surface area contributed by atoms with E-state index in [-0.39, 0.29) is 28.9 Å². The van der Waals surface area contributed by atoms with Crippen molar-refractivity contribution in [3.63, 3.8) is 0 Å². The van der Waals surface area contributed by atoms with Crippen LogP contribution in [0.25, 0.3) is 0 Å². The van der Waals surface area contributed by atoms with Crippen molar-refractivity contribution in [1.29, 1.82) is 0 Å². The van der Waals surface area contributed by atoms with Crippen LogP contribution in [-0.2, 0) is 21.6 Å². The van der Waals surface area contributed by atoms with Crippen molar-refractivity contribution in [2.24, 2.45) is 5.41 Å². The number of likely N-dealkylation sites (tertiary alicyclic amines) is 1. The van der Waals surface area contributed by atoms with E-state index >= 15 is 0 Å². The van der Waals surface area contributed by atoms with Crippen molar-refractivity contribution in [2.45, 2.75) is 64.5 Å². The molecule has 0 radical (unpaired) electrons. The van der Waals surface area contributed by atoms with Crippen molar-refractivity contribution in [3.8, 4) is 0 Å². The van der Waals surface area contributed by atoms with Crippen LogP contribution in [0.1, 0.15) is 66.6 Å². The maximum atomic E-state index is 13.2. The Morgan fingerprint density at radius 3 is 2.69 bits per heavy atom. The van der Waals surface area contributed by atoms with Gasteiger partial charge in [0, 0.05) is 30.6 Å². The summed E-state index contributed by atoms with van der Waals surface area (Å²) in [5.41, 5.74) is 0.627. The first-order valence-electron chi connectivity index (χ1n) is 10.9. The Morgan fingerprint density at radius 1 is 1.28 bits per heavy atom. The van der Waals surface area contributed by atoms with Gasteiger partial charge in [-0.05, 0) is 71.0 Å². The third kappa shape index (κ3) is 3.97. The maximum absolute atomic E-state index is 13.2. The first kappa shape index (κ1) is 20.8. The number of hydrogen-bond acceptors (Lipinski definition) is 5. The molecule has 0 bridgehead atoms. The molecule has 0 aromatic carbocycles. The van der Waals surface area contributed by atoms with Gasteiger partial charge in [-0.15, -0.1) is 11.3 Å². The molecule has 6 nitrogen and oxygen atoms in total. The number of rotatable bonds is 3. The SMILES string of the molecule is CC(C)NC(=O)c1cc2c(s1)C1(CCN(C(=O)C3(C)CCCNC3)CC1)OCC2. The van der Waals surface area contributed by atoms with Gasteiger partial charge >= 0.3 is 0 Å². The zero-order valence-electron chi connectivity index (χ0n) is 17.8. The zero-order valence-corrected chi connectivity index (χ0v) is 18.6. The number of nitrogens with zero attached hydrogens (tertiary/aromatic N) is 1. The molecule has 4 rings (SSSR count). The van der Waals surface area contributed by atoms with Gasteiger partial charge in [0.2, 0.25) is 5.91 Å². The molecule has 0 aliphatic carbocycles. The Morgan fingerprint density at radius 2 is 2.03 bits per heavy atom. The van der Waals surface area contributed by atoms with Crippen LogP contribution in [0.5, 0.6) is 0 Å². The van der Waals surface area contributed by atoms with Crippen LogP contribution in [0.3, 0.4) is 0 Å². The molecule has 2 N–H and O–H groups in total. The molecule has 160 valence electrons. The summed E-state index contributed by atoms with van der Waals surface area (Å²) in [4.78, 5) is 29.7. The first-order chi connectivity index (χ1) is 13.8. The second-order valence-electron chi connectivity index (χ2n) is 9.32. The van der Waals surface area contributed by atoms with Gasteiger partial charge in [-0.1, -0.05) is 0 Å². The molecule has 2 amide bonds. The minimum absolute atomic E-state index is 0.000105. The van der Waals surface area contributed by atoms with Gasteiger partial charge < -0.3 is 20.3 Å². The third-order valence-electron chi connectivity index (χ3n) is 6.59. The molecule has 0 saturated carbocycles. The van der Waals surface area contributed by atoms with E-state index in [4.69, 9.17) is 4.74 Å². The molecule has 2 saturated heterocycles. The number of carbonyl (C=O) groups excluding carboxylic acids is 2. The van der Waals surface area contributed by atoms with Gasteiger partial charge in [-0.2, -0.15) is 0 Å². The number of fused-ring (bicyclic) bond motifs is 2. The molecular weight excluding hydrogens is 386 g/mol. The molecule has 3 aliphatic heterocycles. The summed E-state index contributed by atoms with van der Waals surface area (Å²) in [6, 6.07) is 2.17. The number of thiophene rings is 1. The summed E-state index contributed by atoms with van der Waals surface area (Å²) < 4.78 is 6.33. The van der Waals surface area contributed by atoms with Crippen LogP contribution in [0.2, 0.25) is 0 Å². The second-order valence-corrected chi connectivity index (χ2v) is 10.4. The maximum Gasteiger partial charge on any atom is 0.261 e. The van der Waals surface area contributed by atoms with Crippen molar-refractivity contribution in [3.05, 3.63) is 21.4 Å². The molecule has 1 unspecified atom stereocenters. The van der Waals surface area contributed by atoms with E-state index in [0.717, 1.165) is 63.2 Å². The zero-order chi connectivity index (χ0) is 20.6. The summed E-state index contributed by atoms with van der Waals surface area (Å²) in [7, 11) is 0. The fourth-order valence-electron chi connectivity index (χ4n) is 4.93. The molecule has 7 heteroatoms.